The Balaban J connectivity index is 1.82. The Kier molecular flexibility index (Phi) is 4.31. The number of nitrogens with one attached hydrogen (secondary N) is 2. The summed E-state index contributed by atoms with van der Waals surface area (Å²) in [6, 6.07) is 6.33. The third-order valence-corrected chi connectivity index (χ3v) is 3.21. The number of hydrogen-bond donors (Lipinski definition) is 2. The summed E-state index contributed by atoms with van der Waals surface area (Å²) in [5, 5.41) is 16.5. The van der Waals surface area contributed by atoms with E-state index in [1.165, 1.54) is 6.07 Å². The van der Waals surface area contributed by atoms with Crippen LogP contribution < -0.4 is 10.6 Å². The predicted octanol–water partition coefficient (Wildman–Crippen LogP) is 0.589. The van der Waals surface area contributed by atoms with E-state index in [4.69, 9.17) is 4.74 Å². The lowest BCUT2D eigenvalue weighted by atomic mass is 10.0. The number of hydrogen-bond acceptors (Lipinski definition) is 5. The van der Waals surface area contributed by atoms with Gasteiger partial charge in [0.25, 0.3) is 5.69 Å². The van der Waals surface area contributed by atoms with Gasteiger partial charge in [0.2, 0.25) is 5.91 Å². The molecule has 2 N–H and O–H groups in total. The molecule has 0 unspecified atom stereocenters. The fourth-order valence-corrected chi connectivity index (χ4v) is 1.90. The highest BCUT2D eigenvalue weighted by Gasteiger charge is 2.32. The molecule has 1 aromatic carbocycles. The largest absolute Gasteiger partial charge is 0.363 e. The summed E-state index contributed by atoms with van der Waals surface area (Å²) < 4.78 is 5.48. The molecule has 0 radical (unpaired) electrons. The summed E-state index contributed by atoms with van der Waals surface area (Å²) in [5.74, 6) is -0.281. The average Bonchev–Trinajstić information content (AvgIpc) is 2.41. The molecular formula is C13H17N3O4. The second kappa shape index (κ2) is 5.98. The maximum absolute atomic E-state index is 11.7. The molecule has 1 aliphatic rings. The van der Waals surface area contributed by atoms with Crippen LogP contribution in [0.4, 0.5) is 5.69 Å². The van der Waals surface area contributed by atoms with Crippen molar-refractivity contribution in [3.05, 3.63) is 39.9 Å². The van der Waals surface area contributed by atoms with Gasteiger partial charge in [-0.15, -0.1) is 0 Å². The number of nitro groups is 1. The zero-order valence-corrected chi connectivity index (χ0v) is 11.2. The minimum Gasteiger partial charge on any atom is -0.363 e. The SMILES string of the molecule is CC1(OCC(=O)NCc2ccccc2[N+](=O)[O-])CNC1. The molecule has 1 aliphatic heterocycles. The van der Waals surface area contributed by atoms with E-state index < -0.39 is 4.92 Å². The average molecular weight is 279 g/mol. The van der Waals surface area contributed by atoms with Crippen molar-refractivity contribution >= 4 is 11.6 Å². The molecule has 1 amide bonds. The number of carbonyl (C=O) groups is 1. The number of nitro benzene ring substituents is 1. The van der Waals surface area contributed by atoms with Crippen molar-refractivity contribution in [2.45, 2.75) is 19.1 Å². The Morgan fingerprint density at radius 1 is 1.50 bits per heavy atom. The second-order valence-electron chi connectivity index (χ2n) is 5.00. The highest BCUT2D eigenvalue weighted by molar-refractivity contribution is 5.77. The van der Waals surface area contributed by atoms with Gasteiger partial charge in [-0.2, -0.15) is 0 Å². The second-order valence-corrected chi connectivity index (χ2v) is 5.00. The van der Waals surface area contributed by atoms with Gasteiger partial charge in [0, 0.05) is 31.3 Å². The number of carbonyl (C=O) groups excluding carboxylic acids is 1. The summed E-state index contributed by atoms with van der Waals surface area (Å²) in [6.45, 7) is 3.46. The van der Waals surface area contributed by atoms with Gasteiger partial charge in [0.1, 0.15) is 6.61 Å². The van der Waals surface area contributed by atoms with Gasteiger partial charge in [-0.1, -0.05) is 18.2 Å². The minimum absolute atomic E-state index is 0.00359. The van der Waals surface area contributed by atoms with Crippen molar-refractivity contribution in [1.29, 1.82) is 0 Å². The van der Waals surface area contributed by atoms with Crippen LogP contribution in [-0.4, -0.2) is 36.1 Å². The molecule has 0 spiro atoms. The van der Waals surface area contributed by atoms with Crippen molar-refractivity contribution in [1.82, 2.24) is 10.6 Å². The molecule has 7 nitrogen and oxygen atoms in total. The van der Waals surface area contributed by atoms with Gasteiger partial charge in [-0.05, 0) is 6.92 Å². The Labute approximate surface area is 116 Å². The van der Waals surface area contributed by atoms with Crippen molar-refractivity contribution in [2.24, 2.45) is 0 Å². The molecule has 0 aromatic heterocycles. The van der Waals surface area contributed by atoms with E-state index in [9.17, 15) is 14.9 Å². The monoisotopic (exact) mass is 279 g/mol. The number of para-hydroxylation sites is 1. The van der Waals surface area contributed by atoms with Crippen LogP contribution in [-0.2, 0) is 16.1 Å². The summed E-state index contributed by atoms with van der Waals surface area (Å²) in [6.07, 6.45) is 0. The molecule has 1 aromatic rings. The number of rotatable bonds is 6. The molecule has 0 bridgehead atoms. The number of amides is 1. The van der Waals surface area contributed by atoms with Gasteiger partial charge in [-0.25, -0.2) is 0 Å². The van der Waals surface area contributed by atoms with E-state index in [1.807, 2.05) is 6.92 Å². The minimum atomic E-state index is -0.459. The Hall–Kier alpha value is -1.99. The number of nitrogens with zero attached hydrogens (tertiary/aromatic N) is 1. The molecule has 7 heteroatoms. The van der Waals surface area contributed by atoms with E-state index >= 15 is 0 Å². The van der Waals surface area contributed by atoms with E-state index in [1.54, 1.807) is 18.2 Å². The van der Waals surface area contributed by atoms with Crippen LogP contribution in [0.15, 0.2) is 24.3 Å². The molecular weight excluding hydrogens is 262 g/mol. The van der Waals surface area contributed by atoms with Crippen LogP contribution in [0.3, 0.4) is 0 Å². The number of ether oxygens (including phenoxy) is 1. The molecule has 20 heavy (non-hydrogen) atoms. The third-order valence-electron chi connectivity index (χ3n) is 3.21. The standard InChI is InChI=1S/C13H17N3O4/c1-13(8-14-9-13)20-7-12(17)15-6-10-4-2-3-5-11(10)16(18)19/h2-5,14H,6-9H2,1H3,(H,15,17). The van der Waals surface area contributed by atoms with E-state index in [0.29, 0.717) is 5.56 Å². The number of benzene rings is 1. The third kappa shape index (κ3) is 3.52. The van der Waals surface area contributed by atoms with Crippen LogP contribution in [0, 0.1) is 10.1 Å². The lowest BCUT2D eigenvalue weighted by Gasteiger charge is -2.38. The van der Waals surface area contributed by atoms with Gasteiger partial charge in [-0.3, -0.25) is 14.9 Å². The fraction of sp³-hybridized carbons (Fsp3) is 0.462. The van der Waals surface area contributed by atoms with Crippen LogP contribution in [0.2, 0.25) is 0 Å². The predicted molar refractivity (Wildman–Crippen MR) is 72.2 cm³/mol. The summed E-state index contributed by atoms with van der Waals surface area (Å²) >= 11 is 0. The van der Waals surface area contributed by atoms with Crippen LogP contribution in [0.5, 0.6) is 0 Å². The van der Waals surface area contributed by atoms with Gasteiger partial charge >= 0.3 is 0 Å². The summed E-state index contributed by atoms with van der Waals surface area (Å²) in [5.41, 5.74) is 0.196. The first-order valence-electron chi connectivity index (χ1n) is 6.34. The Morgan fingerprint density at radius 3 is 2.80 bits per heavy atom. The maximum atomic E-state index is 11.7. The Morgan fingerprint density at radius 2 is 2.20 bits per heavy atom. The summed E-state index contributed by atoms with van der Waals surface area (Å²) in [4.78, 5) is 22.0. The van der Waals surface area contributed by atoms with Crippen LogP contribution in [0.1, 0.15) is 12.5 Å². The molecule has 1 fully saturated rings. The van der Waals surface area contributed by atoms with Crippen molar-refractivity contribution in [3.63, 3.8) is 0 Å². The quantitative estimate of drug-likeness (QED) is 0.587. The smallest absolute Gasteiger partial charge is 0.274 e. The zero-order valence-electron chi connectivity index (χ0n) is 11.2. The zero-order chi connectivity index (χ0) is 14.6. The molecule has 0 atom stereocenters. The van der Waals surface area contributed by atoms with Gasteiger partial charge in [0.05, 0.1) is 10.5 Å². The van der Waals surface area contributed by atoms with Crippen LogP contribution in [0.25, 0.3) is 0 Å². The molecule has 108 valence electrons. The Bertz CT molecular complexity index is 514. The molecule has 0 saturated carbocycles. The maximum Gasteiger partial charge on any atom is 0.274 e. The van der Waals surface area contributed by atoms with E-state index in [2.05, 4.69) is 10.6 Å². The molecule has 0 aliphatic carbocycles. The fourth-order valence-electron chi connectivity index (χ4n) is 1.90. The van der Waals surface area contributed by atoms with Crippen molar-refractivity contribution in [3.8, 4) is 0 Å². The normalized spacial score (nSPS) is 16.2. The lowest BCUT2D eigenvalue weighted by molar-refractivity contribution is -0.385. The van der Waals surface area contributed by atoms with Crippen molar-refractivity contribution < 1.29 is 14.5 Å². The highest BCUT2D eigenvalue weighted by atomic mass is 16.6. The summed E-state index contributed by atoms with van der Waals surface area (Å²) in [7, 11) is 0. The first-order valence-corrected chi connectivity index (χ1v) is 6.34. The van der Waals surface area contributed by atoms with Crippen LogP contribution >= 0.6 is 0 Å². The molecule has 1 heterocycles. The van der Waals surface area contributed by atoms with Gasteiger partial charge in [0.15, 0.2) is 0 Å². The molecule has 2 rings (SSSR count). The lowest BCUT2D eigenvalue weighted by Crippen LogP contribution is -2.59. The highest BCUT2D eigenvalue weighted by Crippen LogP contribution is 2.17. The first-order chi connectivity index (χ1) is 9.50. The van der Waals surface area contributed by atoms with Gasteiger partial charge < -0.3 is 15.4 Å². The van der Waals surface area contributed by atoms with Crippen molar-refractivity contribution in [2.75, 3.05) is 19.7 Å². The molecule has 1 saturated heterocycles. The van der Waals surface area contributed by atoms with E-state index in [-0.39, 0.29) is 30.3 Å². The topological polar surface area (TPSA) is 93.5 Å². The first kappa shape index (κ1) is 14.4. The van der Waals surface area contributed by atoms with E-state index in [0.717, 1.165) is 13.1 Å².